The minimum Gasteiger partial charge on any atom is -0.361 e. The summed E-state index contributed by atoms with van der Waals surface area (Å²) in [5.41, 5.74) is 3.52. The van der Waals surface area contributed by atoms with E-state index in [1.54, 1.807) is 6.20 Å². The van der Waals surface area contributed by atoms with Crippen LogP contribution in [0.4, 0.5) is 0 Å². The lowest BCUT2D eigenvalue weighted by Crippen LogP contribution is -1.78. The van der Waals surface area contributed by atoms with E-state index in [0.29, 0.717) is 0 Å². The maximum atomic E-state index is 5.12. The van der Waals surface area contributed by atoms with Crippen LogP contribution < -0.4 is 0 Å². The van der Waals surface area contributed by atoms with Crippen LogP contribution in [0.1, 0.15) is 29.4 Å². The van der Waals surface area contributed by atoms with Gasteiger partial charge in [0.05, 0.1) is 6.20 Å². The SMILES string of the molecule is CCc1oncc1/C=C/c1ccc(C)cc1. The minimum absolute atomic E-state index is 0.869. The van der Waals surface area contributed by atoms with Crippen molar-refractivity contribution in [3.8, 4) is 0 Å². The minimum atomic E-state index is 0.869. The Bertz CT molecular complexity index is 480. The third-order valence-corrected chi connectivity index (χ3v) is 2.53. The highest BCUT2D eigenvalue weighted by Crippen LogP contribution is 2.13. The van der Waals surface area contributed by atoms with Crippen LogP contribution in [0.5, 0.6) is 0 Å². The van der Waals surface area contributed by atoms with Crippen LogP contribution in [0, 0.1) is 6.92 Å². The predicted molar refractivity (Wildman–Crippen MR) is 66.0 cm³/mol. The van der Waals surface area contributed by atoms with Gasteiger partial charge in [0.15, 0.2) is 0 Å². The van der Waals surface area contributed by atoms with Crippen LogP contribution >= 0.6 is 0 Å². The largest absolute Gasteiger partial charge is 0.361 e. The fourth-order valence-corrected chi connectivity index (χ4v) is 1.54. The highest BCUT2D eigenvalue weighted by molar-refractivity contribution is 5.70. The second-order valence-electron chi connectivity index (χ2n) is 3.80. The van der Waals surface area contributed by atoms with Gasteiger partial charge >= 0.3 is 0 Å². The van der Waals surface area contributed by atoms with Crippen LogP contribution in [-0.4, -0.2) is 5.16 Å². The smallest absolute Gasteiger partial charge is 0.143 e. The number of aryl methyl sites for hydroxylation is 2. The van der Waals surface area contributed by atoms with Gasteiger partial charge in [-0.15, -0.1) is 0 Å². The summed E-state index contributed by atoms with van der Waals surface area (Å²) >= 11 is 0. The van der Waals surface area contributed by atoms with E-state index in [-0.39, 0.29) is 0 Å². The maximum Gasteiger partial charge on any atom is 0.143 e. The van der Waals surface area contributed by atoms with E-state index in [1.165, 1.54) is 11.1 Å². The van der Waals surface area contributed by atoms with Crippen molar-refractivity contribution in [1.82, 2.24) is 5.16 Å². The predicted octanol–water partition coefficient (Wildman–Crippen LogP) is 3.72. The Morgan fingerprint density at radius 3 is 2.62 bits per heavy atom. The summed E-state index contributed by atoms with van der Waals surface area (Å²) in [7, 11) is 0. The molecule has 1 heterocycles. The molecule has 0 amide bonds. The number of benzene rings is 1. The second kappa shape index (κ2) is 4.79. The van der Waals surface area contributed by atoms with Crippen LogP contribution in [0.15, 0.2) is 35.0 Å². The number of hydrogen-bond donors (Lipinski definition) is 0. The lowest BCUT2D eigenvalue weighted by Gasteiger charge is -1.94. The fourth-order valence-electron chi connectivity index (χ4n) is 1.54. The summed E-state index contributed by atoms with van der Waals surface area (Å²) < 4.78 is 5.12. The van der Waals surface area contributed by atoms with Gasteiger partial charge < -0.3 is 4.52 Å². The van der Waals surface area contributed by atoms with Gasteiger partial charge in [-0.25, -0.2) is 0 Å². The van der Waals surface area contributed by atoms with E-state index in [4.69, 9.17) is 4.52 Å². The Morgan fingerprint density at radius 2 is 1.94 bits per heavy atom. The summed E-state index contributed by atoms with van der Waals surface area (Å²) in [6.07, 6.45) is 6.74. The number of rotatable bonds is 3. The third kappa shape index (κ3) is 2.40. The first kappa shape index (κ1) is 10.7. The summed E-state index contributed by atoms with van der Waals surface area (Å²) in [5, 5.41) is 3.79. The van der Waals surface area contributed by atoms with Gasteiger partial charge in [-0.1, -0.05) is 48.0 Å². The molecule has 82 valence electrons. The lowest BCUT2D eigenvalue weighted by molar-refractivity contribution is 0.386. The van der Waals surface area contributed by atoms with E-state index in [2.05, 4.69) is 49.3 Å². The molecule has 0 aliphatic heterocycles. The molecule has 2 nitrogen and oxygen atoms in total. The molecule has 0 aliphatic rings. The molecular weight excluding hydrogens is 198 g/mol. The van der Waals surface area contributed by atoms with Crippen LogP contribution in [0.25, 0.3) is 12.2 Å². The Kier molecular flexibility index (Phi) is 3.20. The van der Waals surface area contributed by atoms with Crippen molar-refractivity contribution >= 4 is 12.2 Å². The zero-order valence-electron chi connectivity index (χ0n) is 9.60. The fraction of sp³-hybridized carbons (Fsp3) is 0.214. The summed E-state index contributed by atoms with van der Waals surface area (Å²) in [6, 6.07) is 8.41. The van der Waals surface area contributed by atoms with Crippen molar-refractivity contribution in [2.45, 2.75) is 20.3 Å². The van der Waals surface area contributed by atoms with Crippen molar-refractivity contribution in [2.75, 3.05) is 0 Å². The molecule has 0 saturated carbocycles. The van der Waals surface area contributed by atoms with Crippen molar-refractivity contribution in [3.05, 3.63) is 52.9 Å². The number of nitrogens with zero attached hydrogens (tertiary/aromatic N) is 1. The van der Waals surface area contributed by atoms with Crippen molar-refractivity contribution in [2.24, 2.45) is 0 Å². The van der Waals surface area contributed by atoms with Crippen molar-refractivity contribution in [1.29, 1.82) is 0 Å². The summed E-state index contributed by atoms with van der Waals surface area (Å²) in [5.74, 6) is 0.934. The average molecular weight is 213 g/mol. The first-order valence-electron chi connectivity index (χ1n) is 5.48. The molecular formula is C14H15NO. The molecule has 2 rings (SSSR count). The monoisotopic (exact) mass is 213 g/mol. The molecule has 0 unspecified atom stereocenters. The van der Waals surface area contributed by atoms with E-state index >= 15 is 0 Å². The van der Waals surface area contributed by atoms with Gasteiger partial charge in [-0.2, -0.15) is 0 Å². The first-order chi connectivity index (χ1) is 7.79. The van der Waals surface area contributed by atoms with E-state index < -0.39 is 0 Å². The van der Waals surface area contributed by atoms with E-state index in [9.17, 15) is 0 Å². The molecule has 1 aromatic heterocycles. The standard InChI is InChI=1S/C14H15NO/c1-3-14-13(10-15-16-14)9-8-12-6-4-11(2)5-7-12/h4-10H,3H2,1-2H3/b9-8+. The zero-order chi connectivity index (χ0) is 11.4. The van der Waals surface area contributed by atoms with Gasteiger partial charge in [0.25, 0.3) is 0 Å². The first-order valence-corrected chi connectivity index (χ1v) is 5.48. The van der Waals surface area contributed by atoms with Gasteiger partial charge in [0.1, 0.15) is 5.76 Å². The normalized spacial score (nSPS) is 11.1. The van der Waals surface area contributed by atoms with Crippen LogP contribution in [-0.2, 0) is 6.42 Å². The van der Waals surface area contributed by atoms with Gasteiger partial charge in [0.2, 0.25) is 0 Å². The number of aromatic nitrogens is 1. The molecule has 2 heteroatoms. The second-order valence-corrected chi connectivity index (χ2v) is 3.80. The molecule has 0 bridgehead atoms. The summed E-state index contributed by atoms with van der Waals surface area (Å²) in [6.45, 7) is 4.15. The quantitative estimate of drug-likeness (QED) is 0.776. The van der Waals surface area contributed by atoms with Crippen LogP contribution in [0.3, 0.4) is 0 Å². The average Bonchev–Trinajstić information content (AvgIpc) is 2.76. The Hall–Kier alpha value is -1.83. The Balaban J connectivity index is 2.18. The van der Waals surface area contributed by atoms with Crippen molar-refractivity contribution < 1.29 is 4.52 Å². The molecule has 0 saturated heterocycles. The third-order valence-electron chi connectivity index (χ3n) is 2.53. The molecule has 16 heavy (non-hydrogen) atoms. The number of hydrogen-bond acceptors (Lipinski definition) is 2. The highest BCUT2D eigenvalue weighted by atomic mass is 16.5. The maximum absolute atomic E-state index is 5.12. The van der Waals surface area contributed by atoms with E-state index in [1.807, 2.05) is 6.08 Å². The topological polar surface area (TPSA) is 26.0 Å². The van der Waals surface area contributed by atoms with E-state index in [0.717, 1.165) is 17.7 Å². The summed E-state index contributed by atoms with van der Waals surface area (Å²) in [4.78, 5) is 0. The lowest BCUT2D eigenvalue weighted by atomic mass is 10.1. The molecule has 0 N–H and O–H groups in total. The Labute approximate surface area is 95.6 Å². The van der Waals surface area contributed by atoms with Crippen molar-refractivity contribution in [3.63, 3.8) is 0 Å². The van der Waals surface area contributed by atoms with Gasteiger partial charge in [-0.05, 0) is 18.6 Å². The van der Waals surface area contributed by atoms with Gasteiger partial charge in [0, 0.05) is 12.0 Å². The zero-order valence-corrected chi connectivity index (χ0v) is 9.60. The molecule has 2 aromatic rings. The highest BCUT2D eigenvalue weighted by Gasteiger charge is 2.01. The molecule has 0 fully saturated rings. The molecule has 1 aromatic carbocycles. The molecule has 0 spiro atoms. The Morgan fingerprint density at radius 1 is 1.19 bits per heavy atom. The molecule has 0 atom stereocenters. The molecule has 0 radical (unpaired) electrons. The van der Waals surface area contributed by atoms with Crippen LogP contribution in [0.2, 0.25) is 0 Å². The van der Waals surface area contributed by atoms with Gasteiger partial charge in [-0.3, -0.25) is 0 Å². The molecule has 0 aliphatic carbocycles.